The molecule has 0 aromatic carbocycles. The van der Waals surface area contributed by atoms with Gasteiger partial charge in [0.25, 0.3) is 0 Å². The van der Waals surface area contributed by atoms with Gasteiger partial charge in [0.15, 0.2) is 0 Å². The third-order valence-electron chi connectivity index (χ3n) is 5.30. The predicted molar refractivity (Wildman–Crippen MR) is 97.0 cm³/mol. The zero-order valence-corrected chi connectivity index (χ0v) is 15.4. The first-order valence-corrected chi connectivity index (χ1v) is 11.0. The van der Waals surface area contributed by atoms with Gasteiger partial charge in [-0.15, -0.1) is 0 Å². The minimum Gasteiger partial charge on any atom is -0.353 e. The molecule has 6 nitrogen and oxygen atoms in total. The van der Waals surface area contributed by atoms with E-state index in [4.69, 9.17) is 0 Å². The van der Waals surface area contributed by atoms with E-state index in [9.17, 15) is 13.2 Å². The fraction of sp³-hybridized carbons (Fsp3) is 0.667. The van der Waals surface area contributed by atoms with E-state index in [2.05, 4.69) is 15.2 Å². The highest BCUT2D eigenvalue weighted by Gasteiger charge is 2.30. The van der Waals surface area contributed by atoms with E-state index in [-0.39, 0.29) is 11.9 Å². The molecule has 3 rings (SSSR count). The molecule has 3 heterocycles. The van der Waals surface area contributed by atoms with Crippen LogP contribution in [0.1, 0.15) is 37.7 Å². The van der Waals surface area contributed by atoms with Crippen molar-refractivity contribution in [1.82, 2.24) is 15.2 Å². The molecular formula is C18H27N3O3S. The number of nitrogens with zero attached hydrogens (tertiary/aromatic N) is 2. The molecule has 1 aromatic heterocycles. The number of pyridine rings is 1. The Morgan fingerprint density at radius 3 is 2.56 bits per heavy atom. The molecule has 0 radical (unpaired) electrons. The normalized spacial score (nSPS) is 22.6. The van der Waals surface area contributed by atoms with Gasteiger partial charge in [0.2, 0.25) is 5.91 Å². The monoisotopic (exact) mass is 365 g/mol. The van der Waals surface area contributed by atoms with E-state index in [1.807, 2.05) is 12.1 Å². The number of carbonyl (C=O) groups excluding carboxylic acids is 1. The highest BCUT2D eigenvalue weighted by atomic mass is 32.2. The van der Waals surface area contributed by atoms with E-state index >= 15 is 0 Å². The Labute approximate surface area is 149 Å². The number of aryl methyl sites for hydroxylation is 1. The third kappa shape index (κ3) is 5.51. The average Bonchev–Trinajstić information content (AvgIpc) is 2.62. The van der Waals surface area contributed by atoms with Crippen molar-refractivity contribution in [3.63, 3.8) is 0 Å². The number of hydrogen-bond acceptors (Lipinski definition) is 5. The average molecular weight is 365 g/mol. The molecule has 2 saturated heterocycles. The van der Waals surface area contributed by atoms with Crippen LogP contribution in [-0.4, -0.2) is 60.9 Å². The second-order valence-electron chi connectivity index (χ2n) is 7.12. The van der Waals surface area contributed by atoms with Crippen LogP contribution in [0.2, 0.25) is 0 Å². The van der Waals surface area contributed by atoms with E-state index in [1.54, 1.807) is 12.4 Å². The third-order valence-corrected chi connectivity index (χ3v) is 7.01. The molecule has 2 fully saturated rings. The summed E-state index contributed by atoms with van der Waals surface area (Å²) in [5.41, 5.74) is 1.08. The maximum absolute atomic E-state index is 12.1. The fourth-order valence-electron chi connectivity index (χ4n) is 3.76. The van der Waals surface area contributed by atoms with E-state index < -0.39 is 9.84 Å². The second kappa shape index (κ2) is 8.27. The lowest BCUT2D eigenvalue weighted by atomic mass is 10.0. The first-order valence-electron chi connectivity index (χ1n) is 9.14. The first kappa shape index (κ1) is 18.3. The molecular weight excluding hydrogens is 338 g/mol. The molecule has 1 aromatic rings. The van der Waals surface area contributed by atoms with Crippen LogP contribution in [-0.2, 0) is 21.1 Å². The van der Waals surface area contributed by atoms with Crippen molar-refractivity contribution in [2.75, 3.05) is 24.6 Å². The first-order chi connectivity index (χ1) is 12.0. The van der Waals surface area contributed by atoms with Crippen LogP contribution < -0.4 is 5.32 Å². The fourth-order valence-corrected chi connectivity index (χ4v) is 5.22. The Morgan fingerprint density at radius 2 is 1.92 bits per heavy atom. The van der Waals surface area contributed by atoms with Gasteiger partial charge in [-0.2, -0.15) is 0 Å². The number of nitrogens with one attached hydrogen (secondary N) is 1. The standard InChI is InChI=1S/C18H27N3O3S/c22-18(4-3-15-2-1-9-19-14-15)20-16-5-10-21(11-6-16)17-7-12-25(23,24)13-8-17/h1-2,9,14,16-17H,3-8,10-13H2,(H,20,22). The van der Waals surface area contributed by atoms with Crippen molar-refractivity contribution >= 4 is 15.7 Å². The Morgan fingerprint density at radius 1 is 1.20 bits per heavy atom. The lowest BCUT2D eigenvalue weighted by molar-refractivity contribution is -0.122. The molecule has 0 unspecified atom stereocenters. The van der Waals surface area contributed by atoms with Crippen molar-refractivity contribution in [1.29, 1.82) is 0 Å². The summed E-state index contributed by atoms with van der Waals surface area (Å²) in [6, 6.07) is 4.51. The topological polar surface area (TPSA) is 79.4 Å². The lowest BCUT2D eigenvalue weighted by Gasteiger charge is -2.39. The molecule has 25 heavy (non-hydrogen) atoms. The van der Waals surface area contributed by atoms with Gasteiger partial charge in [0, 0.05) is 44.0 Å². The summed E-state index contributed by atoms with van der Waals surface area (Å²) in [5, 5.41) is 3.14. The zero-order chi connectivity index (χ0) is 17.7. The van der Waals surface area contributed by atoms with Crippen LogP contribution in [0.3, 0.4) is 0 Å². The molecule has 0 saturated carbocycles. The summed E-state index contributed by atoms with van der Waals surface area (Å²) in [4.78, 5) is 18.6. The maximum atomic E-state index is 12.1. The quantitative estimate of drug-likeness (QED) is 0.847. The van der Waals surface area contributed by atoms with E-state index in [0.29, 0.717) is 24.0 Å². The van der Waals surface area contributed by atoms with Crippen LogP contribution in [0.15, 0.2) is 24.5 Å². The largest absolute Gasteiger partial charge is 0.353 e. The number of piperidine rings is 1. The Bertz CT molecular complexity index is 656. The number of sulfone groups is 1. The van der Waals surface area contributed by atoms with Gasteiger partial charge >= 0.3 is 0 Å². The van der Waals surface area contributed by atoms with E-state index in [0.717, 1.165) is 50.8 Å². The number of carbonyl (C=O) groups is 1. The summed E-state index contributed by atoms with van der Waals surface area (Å²) >= 11 is 0. The molecule has 0 spiro atoms. The molecule has 7 heteroatoms. The van der Waals surface area contributed by atoms with E-state index in [1.165, 1.54) is 0 Å². The van der Waals surface area contributed by atoms with Gasteiger partial charge in [-0.05, 0) is 43.7 Å². The highest BCUT2D eigenvalue weighted by Crippen LogP contribution is 2.22. The Hall–Kier alpha value is -1.47. The molecule has 1 N–H and O–H groups in total. The van der Waals surface area contributed by atoms with Crippen LogP contribution in [0.5, 0.6) is 0 Å². The SMILES string of the molecule is O=C(CCc1cccnc1)NC1CCN(C2CCS(=O)(=O)CC2)CC1. The number of rotatable bonds is 5. The smallest absolute Gasteiger partial charge is 0.220 e. The van der Waals surface area contributed by atoms with Crippen molar-refractivity contribution in [3.05, 3.63) is 30.1 Å². The minimum absolute atomic E-state index is 0.103. The Balaban J connectivity index is 1.37. The zero-order valence-electron chi connectivity index (χ0n) is 14.6. The van der Waals surface area contributed by atoms with Crippen LogP contribution >= 0.6 is 0 Å². The minimum atomic E-state index is -2.80. The number of aromatic nitrogens is 1. The highest BCUT2D eigenvalue weighted by molar-refractivity contribution is 7.91. The predicted octanol–water partition coefficient (Wildman–Crippen LogP) is 1.17. The number of amides is 1. The van der Waals surface area contributed by atoms with Crippen molar-refractivity contribution < 1.29 is 13.2 Å². The molecule has 0 atom stereocenters. The molecule has 1 amide bonds. The van der Waals surface area contributed by atoms with Gasteiger partial charge < -0.3 is 10.2 Å². The maximum Gasteiger partial charge on any atom is 0.220 e. The molecule has 2 aliphatic rings. The summed E-state index contributed by atoms with van der Waals surface area (Å²) in [5.74, 6) is 0.747. The van der Waals surface area contributed by atoms with Gasteiger partial charge in [-0.3, -0.25) is 9.78 Å². The van der Waals surface area contributed by atoms with Crippen molar-refractivity contribution in [3.8, 4) is 0 Å². The van der Waals surface area contributed by atoms with Gasteiger partial charge in [0.05, 0.1) is 11.5 Å². The second-order valence-corrected chi connectivity index (χ2v) is 9.43. The van der Waals surface area contributed by atoms with Gasteiger partial charge in [0.1, 0.15) is 9.84 Å². The number of hydrogen-bond donors (Lipinski definition) is 1. The van der Waals surface area contributed by atoms with Crippen molar-refractivity contribution in [2.45, 2.75) is 50.6 Å². The lowest BCUT2D eigenvalue weighted by Crippen LogP contribution is -2.49. The summed E-state index contributed by atoms with van der Waals surface area (Å²) in [6.45, 7) is 1.89. The number of likely N-dealkylation sites (tertiary alicyclic amines) is 1. The van der Waals surface area contributed by atoms with Gasteiger partial charge in [-0.25, -0.2) is 8.42 Å². The molecule has 138 valence electrons. The van der Waals surface area contributed by atoms with Crippen LogP contribution in [0.25, 0.3) is 0 Å². The summed E-state index contributed by atoms with van der Waals surface area (Å²) < 4.78 is 23.1. The molecule has 0 bridgehead atoms. The summed E-state index contributed by atoms with van der Waals surface area (Å²) in [7, 11) is -2.80. The summed E-state index contributed by atoms with van der Waals surface area (Å²) in [6.07, 6.45) is 8.15. The van der Waals surface area contributed by atoms with Crippen molar-refractivity contribution in [2.24, 2.45) is 0 Å². The Kier molecular flexibility index (Phi) is 6.06. The van der Waals surface area contributed by atoms with Gasteiger partial charge in [-0.1, -0.05) is 6.07 Å². The molecule has 2 aliphatic heterocycles. The van der Waals surface area contributed by atoms with Crippen LogP contribution in [0, 0.1) is 0 Å². The van der Waals surface area contributed by atoms with Crippen LogP contribution in [0.4, 0.5) is 0 Å². The molecule has 0 aliphatic carbocycles.